The highest BCUT2D eigenvalue weighted by atomic mass is 16.4. The zero-order chi connectivity index (χ0) is 13.1. The lowest BCUT2D eigenvalue weighted by Gasteiger charge is -2.41. The van der Waals surface area contributed by atoms with E-state index in [9.17, 15) is 19.5 Å². The molecule has 1 heterocycles. The lowest BCUT2D eigenvalue weighted by molar-refractivity contribution is -0.150. The van der Waals surface area contributed by atoms with Crippen LogP contribution in [0.1, 0.15) is 26.2 Å². The Morgan fingerprint density at radius 2 is 2.06 bits per heavy atom. The molecule has 0 saturated carbocycles. The number of primary amides is 1. The molecular weight excluding hydrogens is 226 g/mol. The van der Waals surface area contributed by atoms with Crippen LogP contribution in [0, 0.1) is 0 Å². The van der Waals surface area contributed by atoms with Crippen molar-refractivity contribution in [2.45, 2.75) is 31.7 Å². The van der Waals surface area contributed by atoms with Gasteiger partial charge in [-0.1, -0.05) is 0 Å². The van der Waals surface area contributed by atoms with Gasteiger partial charge in [0.05, 0.1) is 6.54 Å². The minimum absolute atomic E-state index is 0.287. The van der Waals surface area contributed by atoms with E-state index in [2.05, 4.69) is 5.32 Å². The molecule has 0 bridgehead atoms. The molecule has 1 rings (SSSR count). The highest BCUT2D eigenvalue weighted by molar-refractivity contribution is 5.88. The van der Waals surface area contributed by atoms with Gasteiger partial charge in [0.2, 0.25) is 5.91 Å². The number of hydrogen-bond acceptors (Lipinski definition) is 3. The number of likely N-dealkylation sites (tertiary alicyclic amines) is 1. The first kappa shape index (κ1) is 13.3. The third-order valence-electron chi connectivity index (χ3n) is 3.01. The molecule has 0 spiro atoms. The Balaban J connectivity index is 2.74. The van der Waals surface area contributed by atoms with Crippen molar-refractivity contribution in [2.24, 2.45) is 5.73 Å². The number of urea groups is 1. The second kappa shape index (κ2) is 5.03. The number of carboxylic acids is 1. The summed E-state index contributed by atoms with van der Waals surface area (Å²) in [6, 6.07) is -0.562. The summed E-state index contributed by atoms with van der Waals surface area (Å²) in [6.07, 6.45) is 1.93. The summed E-state index contributed by atoms with van der Waals surface area (Å²) in [6.45, 7) is 1.59. The first-order chi connectivity index (χ1) is 7.88. The summed E-state index contributed by atoms with van der Waals surface area (Å²) in [4.78, 5) is 34.8. The smallest absolute Gasteiger partial charge is 0.329 e. The van der Waals surface area contributed by atoms with Crippen molar-refractivity contribution in [1.82, 2.24) is 10.2 Å². The lowest BCUT2D eigenvalue weighted by Crippen LogP contribution is -2.60. The fourth-order valence-electron chi connectivity index (χ4n) is 1.93. The molecule has 17 heavy (non-hydrogen) atoms. The van der Waals surface area contributed by atoms with Crippen molar-refractivity contribution in [3.05, 3.63) is 0 Å². The summed E-state index contributed by atoms with van der Waals surface area (Å²) in [5.74, 6) is -1.70. The summed E-state index contributed by atoms with van der Waals surface area (Å²) in [5.41, 5.74) is 3.70. The van der Waals surface area contributed by atoms with Gasteiger partial charge >= 0.3 is 12.0 Å². The van der Waals surface area contributed by atoms with Crippen molar-refractivity contribution < 1.29 is 19.5 Å². The van der Waals surface area contributed by atoms with Crippen molar-refractivity contribution in [3.8, 4) is 0 Å². The van der Waals surface area contributed by atoms with Gasteiger partial charge in [-0.25, -0.2) is 9.59 Å². The first-order valence-corrected chi connectivity index (χ1v) is 5.45. The molecule has 1 aliphatic heterocycles. The van der Waals surface area contributed by atoms with Gasteiger partial charge in [0.15, 0.2) is 0 Å². The summed E-state index contributed by atoms with van der Waals surface area (Å²) >= 11 is 0. The second-order valence-corrected chi connectivity index (χ2v) is 4.31. The van der Waals surface area contributed by atoms with Crippen LogP contribution in [0.2, 0.25) is 0 Å². The molecule has 0 aromatic carbocycles. The number of carbonyl (C=O) groups is 3. The molecule has 3 amide bonds. The van der Waals surface area contributed by atoms with Crippen molar-refractivity contribution in [2.75, 3.05) is 13.1 Å². The Morgan fingerprint density at radius 3 is 2.59 bits per heavy atom. The number of aliphatic carboxylic acids is 1. The van der Waals surface area contributed by atoms with Crippen LogP contribution in [0.15, 0.2) is 0 Å². The van der Waals surface area contributed by atoms with Gasteiger partial charge in [-0.05, 0) is 26.2 Å². The maximum Gasteiger partial charge on any atom is 0.329 e. The van der Waals surface area contributed by atoms with Gasteiger partial charge in [0, 0.05) is 6.54 Å². The monoisotopic (exact) mass is 243 g/mol. The van der Waals surface area contributed by atoms with Crippen molar-refractivity contribution in [3.63, 3.8) is 0 Å². The van der Waals surface area contributed by atoms with E-state index in [0.717, 1.165) is 12.8 Å². The fourth-order valence-corrected chi connectivity index (χ4v) is 1.93. The topological polar surface area (TPSA) is 113 Å². The van der Waals surface area contributed by atoms with Gasteiger partial charge < -0.3 is 21.1 Å². The Morgan fingerprint density at radius 1 is 1.41 bits per heavy atom. The minimum Gasteiger partial charge on any atom is -0.480 e. The number of nitrogens with one attached hydrogen (secondary N) is 1. The zero-order valence-electron chi connectivity index (χ0n) is 9.73. The van der Waals surface area contributed by atoms with E-state index in [1.807, 2.05) is 0 Å². The van der Waals surface area contributed by atoms with Crippen LogP contribution >= 0.6 is 0 Å². The number of rotatable bonds is 3. The molecule has 7 heteroatoms. The average molecular weight is 243 g/mol. The maximum absolute atomic E-state index is 11.8. The first-order valence-electron chi connectivity index (χ1n) is 5.45. The Hall–Kier alpha value is -1.79. The van der Waals surface area contributed by atoms with Gasteiger partial charge in [-0.3, -0.25) is 4.79 Å². The second-order valence-electron chi connectivity index (χ2n) is 4.31. The SMILES string of the molecule is CC1(C(=O)O)CCCCN1C(=O)NCC(N)=O. The van der Waals surface area contributed by atoms with Crippen molar-refractivity contribution >= 4 is 17.9 Å². The Labute approximate surface area is 98.9 Å². The predicted molar refractivity (Wildman–Crippen MR) is 59.2 cm³/mol. The summed E-state index contributed by atoms with van der Waals surface area (Å²) in [7, 11) is 0. The number of nitrogens with two attached hydrogens (primary N) is 1. The van der Waals surface area contributed by atoms with E-state index in [1.165, 1.54) is 11.8 Å². The van der Waals surface area contributed by atoms with Gasteiger partial charge in [-0.15, -0.1) is 0 Å². The third kappa shape index (κ3) is 2.86. The Bertz CT molecular complexity index is 344. The van der Waals surface area contributed by atoms with E-state index in [4.69, 9.17) is 5.73 Å². The molecule has 1 unspecified atom stereocenters. The van der Waals surface area contributed by atoms with Gasteiger partial charge in [-0.2, -0.15) is 0 Å². The molecule has 1 saturated heterocycles. The molecular formula is C10H17N3O4. The van der Waals surface area contributed by atoms with E-state index in [-0.39, 0.29) is 6.54 Å². The van der Waals surface area contributed by atoms with Crippen LogP contribution < -0.4 is 11.1 Å². The van der Waals surface area contributed by atoms with Crippen LogP contribution in [-0.2, 0) is 9.59 Å². The summed E-state index contributed by atoms with van der Waals surface area (Å²) in [5, 5.41) is 11.5. The van der Waals surface area contributed by atoms with Gasteiger partial charge in [0.25, 0.3) is 0 Å². The van der Waals surface area contributed by atoms with Crippen LogP contribution in [0.4, 0.5) is 4.79 Å². The van der Waals surface area contributed by atoms with Crippen LogP contribution in [-0.4, -0.2) is 46.5 Å². The number of carboxylic acid groups (broad SMARTS) is 1. The quantitative estimate of drug-likeness (QED) is 0.620. The molecule has 4 N–H and O–H groups in total. The summed E-state index contributed by atoms with van der Waals surface area (Å²) < 4.78 is 0. The van der Waals surface area contributed by atoms with Crippen molar-refractivity contribution in [1.29, 1.82) is 0 Å². The predicted octanol–water partition coefficient (Wildman–Crippen LogP) is -0.489. The molecule has 0 aliphatic carbocycles. The van der Waals surface area contributed by atoms with E-state index >= 15 is 0 Å². The van der Waals surface area contributed by atoms with Crippen LogP contribution in [0.25, 0.3) is 0 Å². The zero-order valence-corrected chi connectivity index (χ0v) is 9.73. The van der Waals surface area contributed by atoms with E-state index in [0.29, 0.717) is 13.0 Å². The highest BCUT2D eigenvalue weighted by Crippen LogP contribution is 2.28. The number of amides is 3. The molecule has 96 valence electrons. The molecule has 1 atom stereocenters. The normalized spacial score (nSPS) is 24.2. The Kier molecular flexibility index (Phi) is 3.93. The van der Waals surface area contributed by atoms with Gasteiger partial charge in [0.1, 0.15) is 5.54 Å². The van der Waals surface area contributed by atoms with Crippen LogP contribution in [0.5, 0.6) is 0 Å². The van der Waals surface area contributed by atoms with E-state index in [1.54, 1.807) is 0 Å². The molecule has 0 radical (unpaired) electrons. The average Bonchev–Trinajstić information content (AvgIpc) is 2.26. The number of nitrogens with zero attached hydrogens (tertiary/aromatic N) is 1. The molecule has 0 aromatic heterocycles. The number of piperidine rings is 1. The van der Waals surface area contributed by atoms with Crippen LogP contribution in [0.3, 0.4) is 0 Å². The third-order valence-corrected chi connectivity index (χ3v) is 3.01. The minimum atomic E-state index is -1.21. The van der Waals surface area contributed by atoms with E-state index < -0.39 is 23.4 Å². The number of hydrogen-bond donors (Lipinski definition) is 3. The fraction of sp³-hybridized carbons (Fsp3) is 0.700. The molecule has 7 nitrogen and oxygen atoms in total. The maximum atomic E-state index is 11.8. The molecule has 1 fully saturated rings. The largest absolute Gasteiger partial charge is 0.480 e. The standard InChI is InChI=1S/C10H17N3O4/c1-10(8(15)16)4-2-3-5-13(10)9(17)12-6-7(11)14/h2-6H2,1H3,(H2,11,14)(H,12,17)(H,15,16). The highest BCUT2D eigenvalue weighted by Gasteiger charge is 2.43. The molecule has 1 aliphatic rings. The lowest BCUT2D eigenvalue weighted by atomic mass is 9.89. The molecule has 0 aromatic rings. The number of carbonyl (C=O) groups excluding carboxylic acids is 2.